The van der Waals surface area contributed by atoms with Gasteiger partial charge in [0.05, 0.1) is 19.3 Å². The first-order chi connectivity index (χ1) is 11.2. The number of carbonyl (C=O) groups excluding carboxylic acids is 1. The average Bonchev–Trinajstić information content (AvgIpc) is 2.60. The van der Waals surface area contributed by atoms with Crippen LogP contribution in [0.3, 0.4) is 0 Å². The Morgan fingerprint density at radius 2 is 1.65 bits per heavy atom. The van der Waals surface area contributed by atoms with E-state index in [-0.39, 0.29) is 5.97 Å². The molecule has 2 aromatic rings. The first kappa shape index (κ1) is 16.7. The molecule has 0 bridgehead atoms. The molecule has 0 heterocycles. The molecular formula is C19H22NO3+. The molecule has 23 heavy (non-hydrogen) atoms. The van der Waals surface area contributed by atoms with Gasteiger partial charge in [-0.1, -0.05) is 18.2 Å². The Morgan fingerprint density at radius 3 is 2.17 bits per heavy atom. The fourth-order valence-corrected chi connectivity index (χ4v) is 2.41. The van der Waals surface area contributed by atoms with Crippen molar-refractivity contribution in [2.24, 2.45) is 0 Å². The maximum Gasteiger partial charge on any atom is 0.404 e. The lowest BCUT2D eigenvalue weighted by Gasteiger charge is -2.09. The molecule has 0 saturated heterocycles. The first-order valence-electron chi connectivity index (χ1n) is 7.72. The van der Waals surface area contributed by atoms with Crippen molar-refractivity contribution in [1.29, 1.82) is 0 Å². The Labute approximate surface area is 137 Å². The van der Waals surface area contributed by atoms with Crippen molar-refractivity contribution < 1.29 is 18.8 Å². The lowest BCUT2D eigenvalue weighted by atomic mass is 10.1. The summed E-state index contributed by atoms with van der Waals surface area (Å²) in [5.74, 6) is 0.457. The highest BCUT2D eigenvalue weighted by molar-refractivity contribution is 6.41. The monoisotopic (exact) mass is 312 g/mol. The number of carbonyl (C=O) groups is 1. The maximum atomic E-state index is 12.5. The van der Waals surface area contributed by atoms with Gasteiger partial charge in [-0.05, 0) is 38.1 Å². The molecule has 0 aromatic heterocycles. The van der Waals surface area contributed by atoms with Gasteiger partial charge in [-0.3, -0.25) is 0 Å². The zero-order valence-electron chi connectivity index (χ0n) is 13.8. The number of ether oxygens (including phenoxy) is 2. The second-order valence-corrected chi connectivity index (χ2v) is 4.88. The lowest BCUT2D eigenvalue weighted by molar-refractivity contribution is -0.435. The molecule has 0 fully saturated rings. The third-order valence-electron chi connectivity index (χ3n) is 3.49. The van der Waals surface area contributed by atoms with Gasteiger partial charge in [0.15, 0.2) is 0 Å². The Hall–Kier alpha value is -2.62. The summed E-state index contributed by atoms with van der Waals surface area (Å²) >= 11 is 0. The minimum Gasteiger partial charge on any atom is -0.497 e. The molecule has 0 radical (unpaired) electrons. The van der Waals surface area contributed by atoms with Crippen LogP contribution in [0.5, 0.6) is 5.75 Å². The molecule has 0 unspecified atom stereocenters. The highest BCUT2D eigenvalue weighted by atomic mass is 16.5. The number of benzene rings is 2. The van der Waals surface area contributed by atoms with Crippen LogP contribution in [0.2, 0.25) is 0 Å². The summed E-state index contributed by atoms with van der Waals surface area (Å²) in [4.78, 5) is 12.5. The molecule has 0 spiro atoms. The molecule has 2 rings (SSSR count). The molecule has 0 aliphatic heterocycles. The van der Waals surface area contributed by atoms with Crippen LogP contribution in [0.4, 0.5) is 5.69 Å². The predicted octanol–water partition coefficient (Wildman–Crippen LogP) is 3.41. The molecule has 0 N–H and O–H groups in total. The second-order valence-electron chi connectivity index (χ2n) is 4.88. The van der Waals surface area contributed by atoms with Crippen molar-refractivity contribution in [2.75, 3.05) is 20.3 Å². The van der Waals surface area contributed by atoms with E-state index >= 15 is 0 Å². The van der Waals surface area contributed by atoms with Crippen LogP contribution in [-0.4, -0.2) is 36.5 Å². The molecule has 4 heteroatoms. The lowest BCUT2D eigenvalue weighted by Crippen LogP contribution is -2.28. The zero-order valence-corrected chi connectivity index (χ0v) is 13.8. The summed E-state index contributed by atoms with van der Waals surface area (Å²) in [5.41, 5.74) is 2.30. The SMILES string of the molecule is CCOC(=O)C(c1ccccc1)=[N+](CC)c1ccc(OC)cc1. The van der Waals surface area contributed by atoms with Gasteiger partial charge in [-0.25, -0.2) is 4.79 Å². The first-order valence-corrected chi connectivity index (χ1v) is 7.72. The fourth-order valence-electron chi connectivity index (χ4n) is 2.41. The van der Waals surface area contributed by atoms with Crippen molar-refractivity contribution in [2.45, 2.75) is 13.8 Å². The standard InChI is InChI=1S/C19H22NO3/c1-4-20(16-11-13-17(22-3)14-12-16)18(19(21)23-5-2)15-9-7-6-8-10-15/h6-14H,4-5H2,1-3H3/q+1. The van der Waals surface area contributed by atoms with Gasteiger partial charge >= 0.3 is 5.97 Å². The molecule has 0 amide bonds. The number of hydrogen-bond acceptors (Lipinski definition) is 3. The van der Waals surface area contributed by atoms with Crippen LogP contribution in [0.25, 0.3) is 0 Å². The molecule has 120 valence electrons. The molecule has 2 aromatic carbocycles. The van der Waals surface area contributed by atoms with Gasteiger partial charge in [-0.2, -0.15) is 4.58 Å². The van der Waals surface area contributed by atoms with Crippen LogP contribution in [0, 0.1) is 0 Å². The van der Waals surface area contributed by atoms with Crippen LogP contribution in [0.15, 0.2) is 54.6 Å². The summed E-state index contributed by atoms with van der Waals surface area (Å²) < 4.78 is 12.4. The van der Waals surface area contributed by atoms with E-state index in [0.29, 0.717) is 18.9 Å². The third-order valence-corrected chi connectivity index (χ3v) is 3.49. The minimum atomic E-state index is -0.323. The molecule has 0 aliphatic rings. The molecule has 0 atom stereocenters. The van der Waals surface area contributed by atoms with Crippen molar-refractivity contribution in [3.8, 4) is 5.75 Å². The van der Waals surface area contributed by atoms with Gasteiger partial charge in [0, 0.05) is 12.1 Å². The quantitative estimate of drug-likeness (QED) is 0.466. The van der Waals surface area contributed by atoms with Crippen LogP contribution in [-0.2, 0) is 9.53 Å². The van der Waals surface area contributed by atoms with E-state index in [0.717, 1.165) is 17.0 Å². The second kappa shape index (κ2) is 8.13. The topological polar surface area (TPSA) is 38.5 Å². The highest BCUT2D eigenvalue weighted by Crippen LogP contribution is 2.19. The van der Waals surface area contributed by atoms with Gasteiger partial charge < -0.3 is 9.47 Å². The van der Waals surface area contributed by atoms with Crippen LogP contribution >= 0.6 is 0 Å². The van der Waals surface area contributed by atoms with E-state index in [1.54, 1.807) is 7.11 Å². The number of hydrogen-bond donors (Lipinski definition) is 0. The predicted molar refractivity (Wildman–Crippen MR) is 90.6 cm³/mol. The summed E-state index contributed by atoms with van der Waals surface area (Å²) in [5, 5.41) is 0. The van der Waals surface area contributed by atoms with E-state index in [4.69, 9.17) is 9.47 Å². The number of rotatable bonds is 6. The smallest absolute Gasteiger partial charge is 0.404 e. The highest BCUT2D eigenvalue weighted by Gasteiger charge is 2.27. The Kier molecular flexibility index (Phi) is 5.92. The normalized spacial score (nSPS) is 11.6. The van der Waals surface area contributed by atoms with Gasteiger partial charge in [-0.15, -0.1) is 0 Å². The fraction of sp³-hybridized carbons (Fsp3) is 0.263. The molecule has 0 saturated carbocycles. The zero-order chi connectivity index (χ0) is 16.7. The molecular weight excluding hydrogens is 290 g/mol. The van der Waals surface area contributed by atoms with Crippen LogP contribution in [0.1, 0.15) is 19.4 Å². The Bertz CT molecular complexity index is 676. The average molecular weight is 312 g/mol. The van der Waals surface area contributed by atoms with Crippen LogP contribution < -0.4 is 4.74 Å². The van der Waals surface area contributed by atoms with Crippen molar-refractivity contribution in [1.82, 2.24) is 0 Å². The van der Waals surface area contributed by atoms with E-state index in [2.05, 4.69) is 0 Å². The summed E-state index contributed by atoms with van der Waals surface area (Å²) in [6.07, 6.45) is 0. The van der Waals surface area contributed by atoms with E-state index in [1.165, 1.54) is 0 Å². The Balaban J connectivity index is 2.58. The van der Waals surface area contributed by atoms with E-state index < -0.39 is 0 Å². The van der Waals surface area contributed by atoms with E-state index in [1.807, 2.05) is 73.0 Å². The number of esters is 1. The van der Waals surface area contributed by atoms with Crippen molar-refractivity contribution in [3.63, 3.8) is 0 Å². The third kappa shape index (κ3) is 3.97. The van der Waals surface area contributed by atoms with Gasteiger partial charge in [0.25, 0.3) is 5.71 Å². The van der Waals surface area contributed by atoms with Gasteiger partial charge in [0.1, 0.15) is 12.3 Å². The largest absolute Gasteiger partial charge is 0.497 e. The Morgan fingerprint density at radius 1 is 1.00 bits per heavy atom. The van der Waals surface area contributed by atoms with Gasteiger partial charge in [0.2, 0.25) is 5.69 Å². The summed E-state index contributed by atoms with van der Waals surface area (Å²) in [6.45, 7) is 4.81. The van der Waals surface area contributed by atoms with Crippen molar-refractivity contribution in [3.05, 3.63) is 60.2 Å². The maximum absolute atomic E-state index is 12.5. The molecule has 0 aliphatic carbocycles. The van der Waals surface area contributed by atoms with E-state index in [9.17, 15) is 4.79 Å². The minimum absolute atomic E-state index is 0.323. The van der Waals surface area contributed by atoms with Crippen molar-refractivity contribution >= 4 is 17.4 Å². The summed E-state index contributed by atoms with van der Waals surface area (Å²) in [7, 11) is 1.63. The number of methoxy groups -OCH3 is 1. The molecule has 4 nitrogen and oxygen atoms in total. The summed E-state index contributed by atoms with van der Waals surface area (Å²) in [6, 6.07) is 17.2. The number of nitrogens with zero attached hydrogens (tertiary/aromatic N) is 1.